The Hall–Kier alpha value is -1.20. The predicted molar refractivity (Wildman–Crippen MR) is 54.2 cm³/mol. The summed E-state index contributed by atoms with van der Waals surface area (Å²) in [7, 11) is 0. The molecule has 0 unspecified atom stereocenters. The molecule has 0 bridgehead atoms. The van der Waals surface area contributed by atoms with E-state index in [2.05, 4.69) is 10.1 Å². The highest BCUT2D eigenvalue weighted by Crippen LogP contribution is 2.26. The van der Waals surface area contributed by atoms with Gasteiger partial charge < -0.3 is 4.52 Å². The minimum absolute atomic E-state index is 0.0290. The van der Waals surface area contributed by atoms with E-state index in [0.717, 1.165) is 12.1 Å². The predicted octanol–water partition coefficient (Wildman–Crippen LogP) is 3.41. The highest BCUT2D eigenvalue weighted by molar-refractivity contribution is 6.30. The van der Waals surface area contributed by atoms with Gasteiger partial charge >= 0.3 is 0 Å². The molecule has 0 aliphatic carbocycles. The van der Waals surface area contributed by atoms with Gasteiger partial charge in [-0.2, -0.15) is 4.98 Å². The van der Waals surface area contributed by atoms with Crippen LogP contribution in [0.15, 0.2) is 16.7 Å². The second-order valence-electron chi connectivity index (χ2n) is 2.90. The van der Waals surface area contributed by atoms with E-state index in [9.17, 15) is 8.78 Å². The molecule has 0 saturated heterocycles. The fourth-order valence-corrected chi connectivity index (χ4v) is 1.36. The Morgan fingerprint density at radius 2 is 2.00 bits per heavy atom. The van der Waals surface area contributed by atoms with E-state index >= 15 is 0 Å². The maximum atomic E-state index is 13.4. The number of aromatic nitrogens is 2. The quantitative estimate of drug-likeness (QED) is 0.617. The molecule has 1 aromatic heterocycles. The van der Waals surface area contributed by atoms with Gasteiger partial charge in [-0.3, -0.25) is 0 Å². The van der Waals surface area contributed by atoms with Gasteiger partial charge in [-0.25, -0.2) is 8.78 Å². The highest BCUT2D eigenvalue weighted by atomic mass is 35.5. The zero-order valence-corrected chi connectivity index (χ0v) is 9.19. The molecule has 0 spiro atoms. The van der Waals surface area contributed by atoms with Gasteiger partial charge in [0.15, 0.2) is 5.82 Å². The van der Waals surface area contributed by atoms with Crippen LogP contribution in [0, 0.1) is 11.6 Å². The molecule has 7 heteroatoms. The largest absolute Gasteiger partial charge is 0.334 e. The van der Waals surface area contributed by atoms with Crippen LogP contribution >= 0.6 is 23.2 Å². The van der Waals surface area contributed by atoms with Crippen LogP contribution in [0.5, 0.6) is 0 Å². The van der Waals surface area contributed by atoms with Crippen molar-refractivity contribution in [1.82, 2.24) is 10.1 Å². The monoisotopic (exact) mass is 264 g/mol. The van der Waals surface area contributed by atoms with Crippen LogP contribution in [0.3, 0.4) is 0 Å². The Bertz CT molecular complexity index is 530. The average molecular weight is 265 g/mol. The van der Waals surface area contributed by atoms with Gasteiger partial charge in [0.1, 0.15) is 11.6 Å². The summed E-state index contributed by atoms with van der Waals surface area (Å²) in [5, 5.41) is 3.16. The van der Waals surface area contributed by atoms with E-state index in [1.54, 1.807) is 0 Å². The zero-order valence-electron chi connectivity index (χ0n) is 7.68. The maximum Gasteiger partial charge on any atom is 0.261 e. The van der Waals surface area contributed by atoms with Gasteiger partial charge in [0.25, 0.3) is 5.89 Å². The molecule has 0 fully saturated rings. The SMILES string of the molecule is Fc1cc(-c2nc(CCl)no2)c(F)cc1Cl. The molecule has 0 saturated carbocycles. The molecule has 16 heavy (non-hydrogen) atoms. The van der Waals surface area contributed by atoms with Crippen molar-refractivity contribution in [3.63, 3.8) is 0 Å². The van der Waals surface area contributed by atoms with Gasteiger partial charge in [0.05, 0.1) is 16.5 Å². The first-order valence-electron chi connectivity index (χ1n) is 4.15. The van der Waals surface area contributed by atoms with E-state index in [1.807, 2.05) is 0 Å². The fourth-order valence-electron chi connectivity index (χ4n) is 1.10. The van der Waals surface area contributed by atoms with Gasteiger partial charge in [-0.1, -0.05) is 16.8 Å². The van der Waals surface area contributed by atoms with Gasteiger partial charge in [0, 0.05) is 0 Å². The third-order valence-corrected chi connectivity index (χ3v) is 2.36. The van der Waals surface area contributed by atoms with Crippen LogP contribution in [-0.2, 0) is 5.88 Å². The lowest BCUT2D eigenvalue weighted by Crippen LogP contribution is -1.88. The number of nitrogens with zero attached hydrogens (tertiary/aromatic N) is 2. The van der Waals surface area contributed by atoms with E-state index < -0.39 is 11.6 Å². The fraction of sp³-hybridized carbons (Fsp3) is 0.111. The maximum absolute atomic E-state index is 13.4. The van der Waals surface area contributed by atoms with Crippen LogP contribution in [0.4, 0.5) is 8.78 Å². The molecule has 0 aliphatic heterocycles. The molecule has 2 rings (SSSR count). The molecule has 84 valence electrons. The molecule has 0 aliphatic rings. The first-order valence-corrected chi connectivity index (χ1v) is 5.06. The molecule has 1 heterocycles. The standard InChI is InChI=1S/C9H4Cl2F2N2O/c10-3-8-14-9(16-15-8)4-1-7(13)5(11)2-6(4)12/h1-2H,3H2. The number of hydrogen-bond acceptors (Lipinski definition) is 3. The first-order chi connectivity index (χ1) is 7.61. The average Bonchev–Trinajstić information content (AvgIpc) is 2.71. The molecule has 0 amide bonds. The summed E-state index contributed by atoms with van der Waals surface area (Å²) >= 11 is 10.9. The lowest BCUT2D eigenvalue weighted by Gasteiger charge is -1.99. The van der Waals surface area contributed by atoms with Crippen LogP contribution in [0.25, 0.3) is 11.5 Å². The third kappa shape index (κ3) is 2.01. The summed E-state index contributed by atoms with van der Waals surface area (Å²) < 4.78 is 31.3. The topological polar surface area (TPSA) is 38.9 Å². The Morgan fingerprint density at radius 3 is 2.62 bits per heavy atom. The first kappa shape index (κ1) is 11.3. The highest BCUT2D eigenvalue weighted by Gasteiger charge is 2.16. The summed E-state index contributed by atoms with van der Waals surface area (Å²) in [6.07, 6.45) is 0. The normalized spacial score (nSPS) is 10.8. The second kappa shape index (κ2) is 4.35. The van der Waals surface area contributed by atoms with Crippen molar-refractivity contribution < 1.29 is 13.3 Å². The van der Waals surface area contributed by atoms with Crippen molar-refractivity contribution in [2.45, 2.75) is 5.88 Å². The van der Waals surface area contributed by atoms with E-state index in [4.69, 9.17) is 27.7 Å². The molecular formula is C9H4Cl2F2N2O. The van der Waals surface area contributed by atoms with Crippen LogP contribution in [0.2, 0.25) is 5.02 Å². The third-order valence-electron chi connectivity index (χ3n) is 1.83. The molecule has 1 aromatic carbocycles. The minimum atomic E-state index is -0.760. The van der Waals surface area contributed by atoms with Crippen molar-refractivity contribution in [3.8, 4) is 11.5 Å². The Kier molecular flexibility index (Phi) is 3.07. The van der Waals surface area contributed by atoms with Crippen molar-refractivity contribution in [2.24, 2.45) is 0 Å². The van der Waals surface area contributed by atoms with Crippen LogP contribution in [-0.4, -0.2) is 10.1 Å². The van der Waals surface area contributed by atoms with Gasteiger partial charge in [-0.05, 0) is 12.1 Å². The number of benzene rings is 1. The van der Waals surface area contributed by atoms with Gasteiger partial charge in [-0.15, -0.1) is 11.6 Å². The van der Waals surface area contributed by atoms with Gasteiger partial charge in [0.2, 0.25) is 0 Å². The summed E-state index contributed by atoms with van der Waals surface area (Å²) in [4.78, 5) is 3.77. The van der Waals surface area contributed by atoms with E-state index in [0.29, 0.717) is 0 Å². The smallest absolute Gasteiger partial charge is 0.261 e. The zero-order chi connectivity index (χ0) is 11.7. The summed E-state index contributed by atoms with van der Waals surface area (Å²) in [5.41, 5.74) is -0.147. The van der Waals surface area contributed by atoms with Crippen LogP contribution in [0.1, 0.15) is 5.82 Å². The number of halogens is 4. The summed E-state index contributed by atoms with van der Waals surface area (Å²) in [6, 6.07) is 1.74. The van der Waals surface area contributed by atoms with E-state index in [1.165, 1.54) is 0 Å². The van der Waals surface area contributed by atoms with Crippen LogP contribution < -0.4 is 0 Å². The molecule has 0 radical (unpaired) electrons. The van der Waals surface area contributed by atoms with Crippen molar-refractivity contribution in [3.05, 3.63) is 34.6 Å². The summed E-state index contributed by atoms with van der Waals surface area (Å²) in [6.45, 7) is 0. The minimum Gasteiger partial charge on any atom is -0.334 e. The Morgan fingerprint density at radius 1 is 1.25 bits per heavy atom. The second-order valence-corrected chi connectivity index (χ2v) is 3.57. The summed E-state index contributed by atoms with van der Waals surface area (Å²) in [5.74, 6) is -1.41. The molecule has 2 aromatic rings. The Balaban J connectivity index is 2.51. The lowest BCUT2D eigenvalue weighted by molar-refractivity contribution is 0.422. The molecule has 3 nitrogen and oxygen atoms in total. The van der Waals surface area contributed by atoms with Crippen molar-refractivity contribution >= 4 is 23.2 Å². The molecule has 0 atom stereocenters. The van der Waals surface area contributed by atoms with E-state index in [-0.39, 0.29) is 28.2 Å². The number of rotatable bonds is 2. The number of alkyl halides is 1. The van der Waals surface area contributed by atoms with Crippen molar-refractivity contribution in [1.29, 1.82) is 0 Å². The lowest BCUT2D eigenvalue weighted by atomic mass is 10.2. The molecule has 0 N–H and O–H groups in total. The Labute approximate surface area is 99.0 Å². The number of hydrogen-bond donors (Lipinski definition) is 0. The molecular weight excluding hydrogens is 261 g/mol. The van der Waals surface area contributed by atoms with Crippen molar-refractivity contribution in [2.75, 3.05) is 0 Å².